The Hall–Kier alpha value is -0.880. The Morgan fingerprint density at radius 3 is 3.00 bits per heavy atom. The molecule has 1 saturated heterocycles. The molecular weight excluding hydrogens is 310 g/mol. The SMILES string of the molecule is CC(C)Oc1ccnc(N2CC(C)OC(CBr)C2)n1. The fourth-order valence-corrected chi connectivity index (χ4v) is 2.44. The number of halogens is 1. The molecule has 0 aromatic carbocycles. The van der Waals surface area contributed by atoms with Crippen molar-refractivity contribution in [1.29, 1.82) is 0 Å². The number of nitrogens with zero attached hydrogens (tertiary/aromatic N) is 3. The third-order valence-electron chi connectivity index (χ3n) is 2.75. The molecule has 6 heteroatoms. The van der Waals surface area contributed by atoms with E-state index in [0.29, 0.717) is 11.8 Å². The molecule has 0 saturated carbocycles. The third-order valence-corrected chi connectivity index (χ3v) is 3.48. The molecule has 106 valence electrons. The van der Waals surface area contributed by atoms with Gasteiger partial charge in [0, 0.05) is 30.7 Å². The second kappa shape index (κ2) is 6.52. The Labute approximate surface area is 122 Å². The second-order valence-corrected chi connectivity index (χ2v) is 5.64. The lowest BCUT2D eigenvalue weighted by molar-refractivity contribution is -0.00254. The summed E-state index contributed by atoms with van der Waals surface area (Å²) < 4.78 is 11.4. The van der Waals surface area contributed by atoms with E-state index in [-0.39, 0.29) is 18.3 Å². The molecule has 19 heavy (non-hydrogen) atoms. The highest BCUT2D eigenvalue weighted by Gasteiger charge is 2.26. The standard InChI is InChI=1S/C13H20BrN3O2/c1-9(2)18-12-4-5-15-13(16-12)17-7-10(3)19-11(6-14)8-17/h4-5,9-11H,6-8H2,1-3H3. The number of alkyl halides is 1. The van der Waals surface area contributed by atoms with Gasteiger partial charge in [-0.1, -0.05) is 15.9 Å². The summed E-state index contributed by atoms with van der Waals surface area (Å²) in [5.74, 6) is 1.33. The van der Waals surface area contributed by atoms with E-state index in [1.54, 1.807) is 12.3 Å². The summed E-state index contributed by atoms with van der Waals surface area (Å²) in [6, 6.07) is 1.79. The minimum atomic E-state index is 0.113. The van der Waals surface area contributed by atoms with Crippen molar-refractivity contribution in [1.82, 2.24) is 9.97 Å². The predicted molar refractivity (Wildman–Crippen MR) is 78.1 cm³/mol. The molecule has 5 nitrogen and oxygen atoms in total. The summed E-state index contributed by atoms with van der Waals surface area (Å²) in [5, 5.41) is 0.816. The maximum atomic E-state index is 5.81. The summed E-state index contributed by atoms with van der Waals surface area (Å²) in [6.07, 6.45) is 2.20. The Balaban J connectivity index is 2.11. The van der Waals surface area contributed by atoms with Crippen LogP contribution in [0.25, 0.3) is 0 Å². The lowest BCUT2D eigenvalue weighted by Crippen LogP contribution is -2.48. The van der Waals surface area contributed by atoms with Crippen LogP contribution in [0.15, 0.2) is 12.3 Å². The number of aromatic nitrogens is 2. The summed E-state index contributed by atoms with van der Waals surface area (Å²) in [4.78, 5) is 10.9. The molecule has 2 atom stereocenters. The average Bonchev–Trinajstić information content (AvgIpc) is 2.37. The van der Waals surface area contributed by atoms with E-state index < -0.39 is 0 Å². The van der Waals surface area contributed by atoms with Gasteiger partial charge in [-0.25, -0.2) is 4.98 Å². The van der Waals surface area contributed by atoms with E-state index in [1.165, 1.54) is 0 Å². The average molecular weight is 330 g/mol. The first-order chi connectivity index (χ1) is 9.08. The van der Waals surface area contributed by atoms with Gasteiger partial charge in [-0.15, -0.1) is 0 Å². The summed E-state index contributed by atoms with van der Waals surface area (Å²) >= 11 is 3.47. The van der Waals surface area contributed by atoms with Gasteiger partial charge in [-0.05, 0) is 20.8 Å². The number of rotatable bonds is 4. The topological polar surface area (TPSA) is 47.5 Å². The molecule has 0 bridgehead atoms. The van der Waals surface area contributed by atoms with Crippen molar-refractivity contribution in [2.75, 3.05) is 23.3 Å². The van der Waals surface area contributed by atoms with Crippen LogP contribution >= 0.6 is 15.9 Å². The monoisotopic (exact) mass is 329 g/mol. The van der Waals surface area contributed by atoms with Crippen LogP contribution in [0.3, 0.4) is 0 Å². The molecule has 2 rings (SSSR count). The molecule has 0 spiro atoms. The summed E-state index contributed by atoms with van der Waals surface area (Å²) in [5.41, 5.74) is 0. The molecule has 1 aliphatic heterocycles. The van der Waals surface area contributed by atoms with Crippen molar-refractivity contribution < 1.29 is 9.47 Å². The number of ether oxygens (including phenoxy) is 2. The number of hydrogen-bond acceptors (Lipinski definition) is 5. The predicted octanol–water partition coefficient (Wildman–Crippen LogP) is 2.25. The van der Waals surface area contributed by atoms with E-state index in [0.717, 1.165) is 18.4 Å². The van der Waals surface area contributed by atoms with Gasteiger partial charge in [0.2, 0.25) is 11.8 Å². The van der Waals surface area contributed by atoms with Gasteiger partial charge in [0.05, 0.1) is 18.3 Å². The highest BCUT2D eigenvalue weighted by Crippen LogP contribution is 2.19. The van der Waals surface area contributed by atoms with Crippen molar-refractivity contribution in [2.45, 2.75) is 39.1 Å². The van der Waals surface area contributed by atoms with Crippen molar-refractivity contribution in [3.63, 3.8) is 0 Å². The van der Waals surface area contributed by atoms with Crippen LogP contribution < -0.4 is 9.64 Å². The highest BCUT2D eigenvalue weighted by molar-refractivity contribution is 9.09. The van der Waals surface area contributed by atoms with Crippen LogP contribution in [0.5, 0.6) is 5.88 Å². The zero-order valence-electron chi connectivity index (χ0n) is 11.5. The van der Waals surface area contributed by atoms with Crippen LogP contribution in [0.2, 0.25) is 0 Å². The van der Waals surface area contributed by atoms with Gasteiger partial charge in [0.1, 0.15) is 0 Å². The van der Waals surface area contributed by atoms with E-state index in [9.17, 15) is 0 Å². The molecule has 0 aliphatic carbocycles. The maximum Gasteiger partial charge on any atom is 0.228 e. The third kappa shape index (κ3) is 4.04. The number of hydrogen-bond donors (Lipinski definition) is 0. The van der Waals surface area contributed by atoms with E-state index >= 15 is 0 Å². The van der Waals surface area contributed by atoms with Crippen molar-refractivity contribution in [3.8, 4) is 5.88 Å². The van der Waals surface area contributed by atoms with Gasteiger partial charge in [0.15, 0.2) is 0 Å². The quantitative estimate of drug-likeness (QED) is 0.793. The van der Waals surface area contributed by atoms with Crippen LogP contribution in [-0.2, 0) is 4.74 Å². The van der Waals surface area contributed by atoms with Crippen LogP contribution in [0, 0.1) is 0 Å². The molecular formula is C13H20BrN3O2. The lowest BCUT2D eigenvalue weighted by atomic mass is 10.2. The van der Waals surface area contributed by atoms with Crippen molar-refractivity contribution >= 4 is 21.9 Å². The molecule has 0 N–H and O–H groups in total. The Bertz CT molecular complexity index is 417. The fraction of sp³-hybridized carbons (Fsp3) is 0.692. The van der Waals surface area contributed by atoms with Crippen molar-refractivity contribution in [3.05, 3.63) is 12.3 Å². The Morgan fingerprint density at radius 2 is 2.32 bits per heavy atom. The second-order valence-electron chi connectivity index (χ2n) is 4.99. The minimum Gasteiger partial charge on any atom is -0.475 e. The summed E-state index contributed by atoms with van der Waals surface area (Å²) in [7, 11) is 0. The first-order valence-corrected chi connectivity index (χ1v) is 7.66. The normalized spacial score (nSPS) is 23.7. The van der Waals surface area contributed by atoms with E-state index in [4.69, 9.17) is 9.47 Å². The Kier molecular flexibility index (Phi) is 4.99. The van der Waals surface area contributed by atoms with Crippen LogP contribution in [-0.4, -0.2) is 46.7 Å². The molecule has 1 aromatic rings. The zero-order valence-corrected chi connectivity index (χ0v) is 13.1. The molecule has 2 heterocycles. The minimum absolute atomic E-state index is 0.113. The molecule has 1 aromatic heterocycles. The van der Waals surface area contributed by atoms with Crippen LogP contribution in [0.1, 0.15) is 20.8 Å². The number of morpholine rings is 1. The zero-order chi connectivity index (χ0) is 13.8. The van der Waals surface area contributed by atoms with Gasteiger partial charge >= 0.3 is 0 Å². The first kappa shape index (κ1) is 14.5. The number of anilines is 1. The van der Waals surface area contributed by atoms with Gasteiger partial charge < -0.3 is 14.4 Å². The van der Waals surface area contributed by atoms with Gasteiger partial charge in [0.25, 0.3) is 0 Å². The maximum absolute atomic E-state index is 5.81. The van der Waals surface area contributed by atoms with E-state index in [2.05, 4.69) is 37.7 Å². The largest absolute Gasteiger partial charge is 0.475 e. The molecule has 1 fully saturated rings. The van der Waals surface area contributed by atoms with Gasteiger partial charge in [-0.3, -0.25) is 0 Å². The molecule has 1 aliphatic rings. The molecule has 0 amide bonds. The molecule has 0 radical (unpaired) electrons. The summed E-state index contributed by atoms with van der Waals surface area (Å²) in [6.45, 7) is 7.63. The molecule has 2 unspecified atom stereocenters. The fourth-order valence-electron chi connectivity index (χ4n) is 2.09. The highest BCUT2D eigenvalue weighted by atomic mass is 79.9. The van der Waals surface area contributed by atoms with E-state index in [1.807, 2.05) is 13.8 Å². The van der Waals surface area contributed by atoms with Crippen LogP contribution in [0.4, 0.5) is 5.95 Å². The first-order valence-electron chi connectivity index (χ1n) is 6.54. The smallest absolute Gasteiger partial charge is 0.228 e. The van der Waals surface area contributed by atoms with Gasteiger partial charge in [-0.2, -0.15) is 4.98 Å². The Morgan fingerprint density at radius 1 is 1.53 bits per heavy atom. The lowest BCUT2D eigenvalue weighted by Gasteiger charge is -2.36. The van der Waals surface area contributed by atoms with Crippen molar-refractivity contribution in [2.24, 2.45) is 0 Å².